The molecule has 0 amide bonds. The maximum absolute atomic E-state index is 6.08. The van der Waals surface area contributed by atoms with Crippen LogP contribution in [0.4, 0.5) is 0 Å². The number of ether oxygens (including phenoxy) is 1. The van der Waals surface area contributed by atoms with Crippen LogP contribution >= 0.6 is 11.3 Å². The van der Waals surface area contributed by atoms with E-state index in [1.54, 1.807) is 11.3 Å². The van der Waals surface area contributed by atoms with Crippen LogP contribution in [0.2, 0.25) is 0 Å². The van der Waals surface area contributed by atoms with E-state index in [4.69, 9.17) is 9.72 Å². The monoisotopic (exact) mass is 259 g/mol. The van der Waals surface area contributed by atoms with Crippen LogP contribution in [0.3, 0.4) is 0 Å². The molecular weight excluding hydrogens is 242 g/mol. The summed E-state index contributed by atoms with van der Waals surface area (Å²) in [4.78, 5) is 4.74. The Morgan fingerprint density at radius 1 is 1.39 bits per heavy atom. The average molecular weight is 259 g/mol. The van der Waals surface area contributed by atoms with Gasteiger partial charge in [-0.1, -0.05) is 31.9 Å². The summed E-state index contributed by atoms with van der Waals surface area (Å²) >= 11 is 1.80. The second-order valence-electron chi connectivity index (χ2n) is 5.78. The molecule has 3 heteroatoms. The first-order valence-electron chi connectivity index (χ1n) is 6.80. The zero-order valence-corrected chi connectivity index (χ0v) is 11.4. The van der Waals surface area contributed by atoms with Crippen molar-refractivity contribution in [3.8, 4) is 0 Å². The zero-order valence-electron chi connectivity index (χ0n) is 10.6. The predicted molar refractivity (Wildman–Crippen MR) is 73.8 cm³/mol. The number of thiazole rings is 1. The minimum Gasteiger partial charge on any atom is -0.358 e. The van der Waals surface area contributed by atoms with Gasteiger partial charge in [-0.05, 0) is 30.9 Å². The lowest BCUT2D eigenvalue weighted by Gasteiger charge is -2.23. The number of hydrogen-bond donors (Lipinski definition) is 0. The van der Waals surface area contributed by atoms with Crippen molar-refractivity contribution in [2.45, 2.75) is 44.3 Å². The van der Waals surface area contributed by atoms with Crippen LogP contribution in [0.1, 0.15) is 43.7 Å². The molecule has 1 aliphatic carbocycles. The number of benzene rings is 1. The summed E-state index contributed by atoms with van der Waals surface area (Å²) in [6.07, 6.45) is 5.38. The van der Waals surface area contributed by atoms with E-state index < -0.39 is 0 Å². The third-order valence-corrected chi connectivity index (χ3v) is 5.38. The Morgan fingerprint density at radius 3 is 3.11 bits per heavy atom. The largest absolute Gasteiger partial charge is 0.358 e. The highest BCUT2D eigenvalue weighted by molar-refractivity contribution is 7.18. The summed E-state index contributed by atoms with van der Waals surface area (Å²) in [5, 5.41) is 1.19. The van der Waals surface area contributed by atoms with Gasteiger partial charge in [0.1, 0.15) is 16.7 Å². The van der Waals surface area contributed by atoms with Crippen LogP contribution in [0, 0.1) is 5.92 Å². The first kappa shape index (κ1) is 10.9. The molecule has 0 unspecified atom stereocenters. The van der Waals surface area contributed by atoms with Crippen LogP contribution in [0.15, 0.2) is 24.3 Å². The summed E-state index contributed by atoms with van der Waals surface area (Å²) in [7, 11) is 0. The quantitative estimate of drug-likeness (QED) is 0.713. The van der Waals surface area contributed by atoms with Crippen molar-refractivity contribution >= 4 is 21.6 Å². The minimum absolute atomic E-state index is 0.144. The number of nitrogens with zero attached hydrogens (tertiary/aromatic N) is 1. The van der Waals surface area contributed by atoms with Gasteiger partial charge in [0.05, 0.1) is 10.2 Å². The normalized spacial score (nSPS) is 35.2. The molecule has 0 N–H and O–H groups in total. The highest BCUT2D eigenvalue weighted by atomic mass is 32.1. The lowest BCUT2D eigenvalue weighted by Crippen LogP contribution is -2.21. The molecule has 1 spiro atoms. The van der Waals surface area contributed by atoms with Gasteiger partial charge in [0.25, 0.3) is 0 Å². The second kappa shape index (κ2) is 3.78. The Hall–Kier alpha value is -0.930. The maximum Gasteiger partial charge on any atom is 0.139 e. The van der Waals surface area contributed by atoms with Crippen molar-refractivity contribution in [1.29, 1.82) is 0 Å². The third kappa shape index (κ3) is 1.61. The van der Waals surface area contributed by atoms with Crippen LogP contribution in [-0.4, -0.2) is 10.6 Å². The van der Waals surface area contributed by atoms with Crippen LogP contribution < -0.4 is 0 Å². The molecule has 2 aliphatic rings. The van der Waals surface area contributed by atoms with E-state index in [0.29, 0.717) is 0 Å². The molecule has 4 rings (SSSR count). The Bertz CT molecular complexity index is 560. The summed E-state index contributed by atoms with van der Waals surface area (Å²) in [6, 6.07) is 8.37. The number of rotatable bonds is 1. The number of epoxide rings is 1. The fraction of sp³-hybridized carbons (Fsp3) is 0.533. The van der Waals surface area contributed by atoms with Gasteiger partial charge in [-0.15, -0.1) is 11.3 Å². The Kier molecular flexibility index (Phi) is 2.30. The molecule has 2 aromatic rings. The molecule has 1 aromatic carbocycles. The van der Waals surface area contributed by atoms with Gasteiger partial charge < -0.3 is 4.74 Å². The van der Waals surface area contributed by atoms with Crippen LogP contribution in [0.5, 0.6) is 0 Å². The predicted octanol–water partition coefficient (Wildman–Crippen LogP) is 4.32. The fourth-order valence-electron chi connectivity index (χ4n) is 3.37. The minimum atomic E-state index is 0.144. The number of para-hydroxylation sites is 1. The lowest BCUT2D eigenvalue weighted by molar-refractivity contribution is 0.197. The lowest BCUT2D eigenvalue weighted by atomic mass is 9.80. The van der Waals surface area contributed by atoms with Gasteiger partial charge >= 0.3 is 0 Å². The fourth-order valence-corrected chi connectivity index (χ4v) is 4.47. The summed E-state index contributed by atoms with van der Waals surface area (Å²) < 4.78 is 7.36. The molecule has 0 bridgehead atoms. The van der Waals surface area contributed by atoms with Crippen LogP contribution in [-0.2, 0) is 4.74 Å². The van der Waals surface area contributed by atoms with Gasteiger partial charge in [-0.25, -0.2) is 4.98 Å². The first-order chi connectivity index (χ1) is 8.77. The summed E-state index contributed by atoms with van der Waals surface area (Å²) in [5.74, 6) is 0.804. The Balaban J connectivity index is 1.65. The molecule has 94 valence electrons. The van der Waals surface area contributed by atoms with Crippen molar-refractivity contribution in [3.63, 3.8) is 0 Å². The topological polar surface area (TPSA) is 25.4 Å². The molecule has 1 aromatic heterocycles. The third-order valence-electron chi connectivity index (χ3n) is 4.30. The molecule has 1 saturated heterocycles. The number of fused-ring (bicyclic) bond motifs is 1. The van der Waals surface area contributed by atoms with E-state index in [2.05, 4.69) is 31.2 Å². The molecule has 2 fully saturated rings. The molecular formula is C15H17NOS. The van der Waals surface area contributed by atoms with Gasteiger partial charge in [-0.3, -0.25) is 0 Å². The van der Waals surface area contributed by atoms with E-state index in [0.717, 1.165) is 11.4 Å². The first-order valence-corrected chi connectivity index (χ1v) is 7.62. The SMILES string of the molecule is C[C@@H]1CCC[C@@]2(C1)O[C@H]2c1nc2ccccc2s1. The van der Waals surface area contributed by atoms with E-state index in [-0.39, 0.29) is 11.7 Å². The molecule has 1 saturated carbocycles. The molecule has 3 atom stereocenters. The Morgan fingerprint density at radius 2 is 2.28 bits per heavy atom. The Labute approximate surface area is 111 Å². The number of hydrogen-bond acceptors (Lipinski definition) is 3. The highest BCUT2D eigenvalue weighted by Gasteiger charge is 2.59. The maximum atomic E-state index is 6.08. The van der Waals surface area contributed by atoms with Gasteiger partial charge in [0.2, 0.25) is 0 Å². The van der Waals surface area contributed by atoms with Crippen molar-refractivity contribution in [3.05, 3.63) is 29.3 Å². The van der Waals surface area contributed by atoms with Crippen molar-refractivity contribution in [1.82, 2.24) is 4.98 Å². The molecule has 2 heterocycles. The molecule has 18 heavy (non-hydrogen) atoms. The van der Waals surface area contributed by atoms with E-state index in [1.807, 2.05) is 0 Å². The van der Waals surface area contributed by atoms with Crippen molar-refractivity contribution < 1.29 is 4.74 Å². The van der Waals surface area contributed by atoms with E-state index in [9.17, 15) is 0 Å². The smallest absolute Gasteiger partial charge is 0.139 e. The second-order valence-corrected chi connectivity index (χ2v) is 6.85. The van der Waals surface area contributed by atoms with E-state index in [1.165, 1.54) is 35.4 Å². The highest BCUT2D eigenvalue weighted by Crippen LogP contribution is 2.59. The van der Waals surface area contributed by atoms with Gasteiger partial charge in [0.15, 0.2) is 0 Å². The molecule has 2 nitrogen and oxygen atoms in total. The zero-order chi connectivity index (χ0) is 12.2. The molecule has 0 radical (unpaired) electrons. The van der Waals surface area contributed by atoms with Crippen LogP contribution in [0.25, 0.3) is 10.2 Å². The van der Waals surface area contributed by atoms with Gasteiger partial charge in [0, 0.05) is 0 Å². The van der Waals surface area contributed by atoms with Gasteiger partial charge in [-0.2, -0.15) is 0 Å². The average Bonchev–Trinajstić information content (AvgIpc) is 2.87. The summed E-state index contributed by atoms with van der Waals surface area (Å²) in [6.45, 7) is 2.35. The van der Waals surface area contributed by atoms with Crippen molar-refractivity contribution in [2.75, 3.05) is 0 Å². The number of aromatic nitrogens is 1. The van der Waals surface area contributed by atoms with Crippen molar-refractivity contribution in [2.24, 2.45) is 5.92 Å². The van der Waals surface area contributed by atoms with E-state index >= 15 is 0 Å². The standard InChI is InChI=1S/C15H17NOS/c1-10-5-4-8-15(9-10)13(17-15)14-16-11-6-2-3-7-12(11)18-14/h2-3,6-7,10,13H,4-5,8-9H2,1H3/t10-,13+,15+/m1/s1. The molecule has 1 aliphatic heterocycles. The summed E-state index contributed by atoms with van der Waals surface area (Å²) in [5.41, 5.74) is 1.26.